The maximum atomic E-state index is 13.7. The van der Waals surface area contributed by atoms with E-state index >= 15 is 0 Å². The van der Waals surface area contributed by atoms with E-state index in [1.54, 1.807) is 0 Å². The van der Waals surface area contributed by atoms with Gasteiger partial charge >= 0.3 is 11.9 Å². The molecule has 6 aliphatic rings. The third-order valence-corrected chi connectivity index (χ3v) is 16.4. The molecule has 0 aromatic heterocycles. The largest absolute Gasteiger partial charge is 0.481 e. The number of rotatable bonds is 7. The van der Waals surface area contributed by atoms with Gasteiger partial charge in [-0.25, -0.2) is 0 Å². The van der Waals surface area contributed by atoms with Crippen molar-refractivity contribution in [2.75, 3.05) is 13.1 Å². The number of ether oxygens (including phenoxy) is 1. The summed E-state index contributed by atoms with van der Waals surface area (Å²) in [7, 11) is 0. The fourth-order valence-electron chi connectivity index (χ4n) is 13.8. The van der Waals surface area contributed by atoms with Gasteiger partial charge in [-0.2, -0.15) is 0 Å². The van der Waals surface area contributed by atoms with E-state index in [0.717, 1.165) is 45.2 Å². The highest BCUT2D eigenvalue weighted by atomic mass is 16.5. The van der Waals surface area contributed by atoms with Gasteiger partial charge in [-0.15, -0.1) is 0 Å². The highest BCUT2D eigenvalue weighted by Crippen LogP contribution is 2.77. The van der Waals surface area contributed by atoms with Crippen molar-refractivity contribution in [3.63, 3.8) is 0 Å². The highest BCUT2D eigenvalue weighted by molar-refractivity contribution is 5.77. The van der Waals surface area contributed by atoms with Crippen LogP contribution in [-0.4, -0.2) is 53.1 Å². The number of hydrogen-bond donors (Lipinski definition) is 2. The molecule has 1 saturated heterocycles. The van der Waals surface area contributed by atoms with Crippen molar-refractivity contribution in [3.8, 4) is 0 Å². The molecule has 5 aliphatic carbocycles. The first kappa shape index (κ1) is 35.2. The van der Waals surface area contributed by atoms with Crippen LogP contribution in [0.25, 0.3) is 0 Å². The number of carboxylic acids is 1. The molecule has 7 nitrogen and oxygen atoms in total. The van der Waals surface area contributed by atoms with Gasteiger partial charge in [-0.05, 0) is 128 Å². The molecule has 3 N–H and O–H groups in total. The lowest BCUT2D eigenvalue weighted by atomic mass is 9.32. The van der Waals surface area contributed by atoms with Gasteiger partial charge in [0.05, 0.1) is 12.8 Å². The Bertz CT molecular complexity index is 1240. The molecule has 1 amide bonds. The molecule has 2 unspecified atom stereocenters. The van der Waals surface area contributed by atoms with Gasteiger partial charge in [0.1, 0.15) is 6.10 Å². The van der Waals surface area contributed by atoms with Crippen molar-refractivity contribution in [2.24, 2.45) is 61.9 Å². The molecule has 0 spiro atoms. The zero-order chi connectivity index (χ0) is 34.2. The zero-order valence-electron chi connectivity index (χ0n) is 30.8. The standard InChI is InChI=1S/C40H66N2O5/c1-35(2,24-33(44)45)25-34(46)47-31-13-17-37(5)29(36(31,3)4)12-18-39(7)30(37)11-10-27-28-9-8-16-40(28,20-19-38(27,39)6)23-32(43)42-21-14-26(41)15-22-42/h26-31H,8-25,41H2,1-7H3,(H,44,45)/t27-,28-,29?,30?,31+,37+,38-,39-,40-/m1/s1. The summed E-state index contributed by atoms with van der Waals surface area (Å²) in [6.07, 6.45) is 15.8. The number of carbonyl (C=O) groups is 3. The van der Waals surface area contributed by atoms with Gasteiger partial charge in [0.15, 0.2) is 0 Å². The van der Waals surface area contributed by atoms with Crippen LogP contribution in [0.3, 0.4) is 0 Å². The Morgan fingerprint density at radius 1 is 0.787 bits per heavy atom. The first-order valence-electron chi connectivity index (χ1n) is 19.3. The second-order valence-corrected chi connectivity index (χ2v) is 19.7. The number of aliphatic carboxylic acids is 1. The number of carboxylic acid groups (broad SMARTS) is 1. The number of fused-ring (bicyclic) bond motifs is 7. The SMILES string of the molecule is CC(C)(CC(=O)O)CC(=O)O[C@H]1CC[C@@]2(C)C(CC[C@]3(C)C2CC[C@@H]2[C@H]4CCC[C@]4(CC(=O)N4CCC(N)CC4)CC[C@]23C)C1(C)C. The molecule has 5 saturated carbocycles. The van der Waals surface area contributed by atoms with Crippen LogP contribution in [0.1, 0.15) is 151 Å². The molecule has 0 aromatic rings. The van der Waals surface area contributed by atoms with Crippen LogP contribution in [0.5, 0.6) is 0 Å². The van der Waals surface area contributed by atoms with Crippen LogP contribution < -0.4 is 5.73 Å². The molecule has 47 heavy (non-hydrogen) atoms. The average Bonchev–Trinajstić information content (AvgIpc) is 3.38. The molecule has 1 heterocycles. The van der Waals surface area contributed by atoms with E-state index in [9.17, 15) is 19.5 Å². The van der Waals surface area contributed by atoms with Gasteiger partial charge in [0, 0.05) is 31.0 Å². The van der Waals surface area contributed by atoms with Crippen LogP contribution in [0, 0.1) is 56.2 Å². The first-order chi connectivity index (χ1) is 21.9. The molecule has 266 valence electrons. The lowest BCUT2D eigenvalue weighted by Gasteiger charge is -2.72. The minimum atomic E-state index is -0.877. The number of piperidine rings is 1. The Morgan fingerprint density at radius 2 is 1.49 bits per heavy atom. The minimum absolute atomic E-state index is 0.0389. The monoisotopic (exact) mass is 654 g/mol. The first-order valence-corrected chi connectivity index (χ1v) is 19.3. The maximum absolute atomic E-state index is 13.7. The number of amides is 1. The molecule has 1 aliphatic heterocycles. The normalized spacial score (nSPS) is 43.2. The third-order valence-electron chi connectivity index (χ3n) is 16.4. The summed E-state index contributed by atoms with van der Waals surface area (Å²) in [4.78, 5) is 40.4. The number of nitrogens with two attached hydrogens (primary N) is 1. The van der Waals surface area contributed by atoms with Gasteiger partial charge < -0.3 is 20.5 Å². The molecule has 7 heteroatoms. The maximum Gasteiger partial charge on any atom is 0.306 e. The van der Waals surface area contributed by atoms with E-state index in [2.05, 4.69) is 39.5 Å². The van der Waals surface area contributed by atoms with Crippen LogP contribution in [0.2, 0.25) is 0 Å². The van der Waals surface area contributed by atoms with Crippen LogP contribution in [0.15, 0.2) is 0 Å². The summed E-state index contributed by atoms with van der Waals surface area (Å²) >= 11 is 0. The Labute approximate surface area is 284 Å². The molecule has 6 rings (SSSR count). The van der Waals surface area contributed by atoms with Crippen LogP contribution in [0.4, 0.5) is 0 Å². The van der Waals surface area contributed by atoms with E-state index in [4.69, 9.17) is 10.5 Å². The Morgan fingerprint density at radius 3 is 2.17 bits per heavy atom. The summed E-state index contributed by atoms with van der Waals surface area (Å²) in [5.41, 5.74) is 6.35. The molecule has 0 bridgehead atoms. The molecular weight excluding hydrogens is 588 g/mol. The second kappa shape index (κ2) is 12.0. The van der Waals surface area contributed by atoms with Gasteiger partial charge in [0.2, 0.25) is 5.91 Å². The quantitative estimate of drug-likeness (QED) is 0.269. The van der Waals surface area contributed by atoms with E-state index in [1.807, 2.05) is 13.8 Å². The predicted octanol–water partition coefficient (Wildman–Crippen LogP) is 7.98. The van der Waals surface area contributed by atoms with Crippen molar-refractivity contribution < 1.29 is 24.2 Å². The zero-order valence-corrected chi connectivity index (χ0v) is 30.8. The number of likely N-dealkylation sites (tertiary alicyclic amines) is 1. The number of carbonyl (C=O) groups excluding carboxylic acids is 2. The van der Waals surface area contributed by atoms with Gasteiger partial charge in [-0.1, -0.05) is 54.9 Å². The summed E-state index contributed by atoms with van der Waals surface area (Å²) in [6.45, 7) is 18.0. The van der Waals surface area contributed by atoms with Crippen molar-refractivity contribution in [1.29, 1.82) is 0 Å². The van der Waals surface area contributed by atoms with Gasteiger partial charge in [-0.3, -0.25) is 14.4 Å². The van der Waals surface area contributed by atoms with Crippen molar-refractivity contribution in [3.05, 3.63) is 0 Å². The topological polar surface area (TPSA) is 110 Å². The van der Waals surface area contributed by atoms with Crippen molar-refractivity contribution in [1.82, 2.24) is 4.90 Å². The Hall–Kier alpha value is -1.63. The predicted molar refractivity (Wildman–Crippen MR) is 184 cm³/mol. The number of nitrogens with zero attached hydrogens (tertiary/aromatic N) is 1. The third kappa shape index (κ3) is 5.78. The fraction of sp³-hybridized carbons (Fsp3) is 0.925. The smallest absolute Gasteiger partial charge is 0.306 e. The summed E-state index contributed by atoms with van der Waals surface area (Å²) in [5.74, 6) is 1.75. The van der Waals surface area contributed by atoms with Crippen LogP contribution >= 0.6 is 0 Å². The lowest BCUT2D eigenvalue weighted by Crippen LogP contribution is -2.66. The lowest BCUT2D eigenvalue weighted by molar-refractivity contribution is -0.248. The molecule has 0 radical (unpaired) electrons. The molecular formula is C40H66N2O5. The molecule has 0 aromatic carbocycles. The van der Waals surface area contributed by atoms with Crippen LogP contribution in [-0.2, 0) is 19.1 Å². The summed E-state index contributed by atoms with van der Waals surface area (Å²) in [6, 6.07) is 0.248. The summed E-state index contributed by atoms with van der Waals surface area (Å²) in [5, 5.41) is 9.31. The van der Waals surface area contributed by atoms with E-state index < -0.39 is 11.4 Å². The van der Waals surface area contributed by atoms with Crippen molar-refractivity contribution in [2.45, 2.75) is 163 Å². The highest BCUT2D eigenvalue weighted by Gasteiger charge is 2.70. The molecule has 6 fully saturated rings. The average molecular weight is 655 g/mol. The summed E-state index contributed by atoms with van der Waals surface area (Å²) < 4.78 is 6.25. The van der Waals surface area contributed by atoms with E-state index in [-0.39, 0.29) is 58.0 Å². The Kier molecular flexibility index (Phi) is 8.99. The molecule has 9 atom stereocenters. The number of esters is 1. The minimum Gasteiger partial charge on any atom is -0.481 e. The Balaban J connectivity index is 1.18. The van der Waals surface area contributed by atoms with Gasteiger partial charge in [0.25, 0.3) is 0 Å². The van der Waals surface area contributed by atoms with E-state index in [0.29, 0.717) is 29.6 Å². The fourth-order valence-corrected chi connectivity index (χ4v) is 13.8. The van der Waals surface area contributed by atoms with E-state index in [1.165, 1.54) is 57.8 Å². The van der Waals surface area contributed by atoms with Crippen molar-refractivity contribution >= 4 is 17.8 Å². The second-order valence-electron chi connectivity index (χ2n) is 19.7. The number of hydrogen-bond acceptors (Lipinski definition) is 5.